The van der Waals surface area contributed by atoms with Gasteiger partial charge in [0.2, 0.25) is 5.91 Å². The van der Waals surface area contributed by atoms with Crippen molar-refractivity contribution in [3.05, 3.63) is 24.3 Å². The van der Waals surface area contributed by atoms with Crippen molar-refractivity contribution in [3.63, 3.8) is 0 Å². The zero-order valence-corrected chi connectivity index (χ0v) is 11.2. The number of anilines is 1. The van der Waals surface area contributed by atoms with Crippen molar-refractivity contribution in [2.45, 2.75) is 19.5 Å². The first-order valence-corrected chi connectivity index (χ1v) is 5.99. The normalized spacial score (nSPS) is 11.0. The lowest BCUT2D eigenvalue weighted by molar-refractivity contribution is -0.175. The SMILES string of the molecule is CC(=O)Nc1ccc(OC(=O)CCOCC(F)(F)F)cc1. The molecule has 0 fully saturated rings. The molecule has 1 aromatic rings. The van der Waals surface area contributed by atoms with Crippen molar-refractivity contribution in [2.75, 3.05) is 18.5 Å². The third-order valence-electron chi connectivity index (χ3n) is 2.12. The third kappa shape index (κ3) is 7.93. The molecule has 1 N–H and O–H groups in total. The maximum Gasteiger partial charge on any atom is 0.411 e. The van der Waals surface area contributed by atoms with E-state index in [0.717, 1.165) is 0 Å². The van der Waals surface area contributed by atoms with E-state index in [9.17, 15) is 22.8 Å². The van der Waals surface area contributed by atoms with Crippen molar-refractivity contribution in [2.24, 2.45) is 0 Å². The van der Waals surface area contributed by atoms with Crippen molar-refractivity contribution in [1.82, 2.24) is 0 Å². The molecule has 0 aliphatic rings. The molecule has 1 amide bonds. The van der Waals surface area contributed by atoms with E-state index in [1.54, 1.807) is 0 Å². The second kappa shape index (κ2) is 7.63. The van der Waals surface area contributed by atoms with Crippen LogP contribution in [-0.4, -0.2) is 31.3 Å². The minimum absolute atomic E-state index is 0.227. The number of alkyl halides is 3. The van der Waals surface area contributed by atoms with Crippen LogP contribution in [0.25, 0.3) is 0 Å². The van der Waals surface area contributed by atoms with E-state index in [2.05, 4.69) is 10.1 Å². The van der Waals surface area contributed by atoms with Gasteiger partial charge < -0.3 is 14.8 Å². The highest BCUT2D eigenvalue weighted by Crippen LogP contribution is 2.17. The topological polar surface area (TPSA) is 64.6 Å². The second-order valence-electron chi connectivity index (χ2n) is 4.10. The van der Waals surface area contributed by atoms with E-state index in [1.165, 1.54) is 31.2 Å². The highest BCUT2D eigenvalue weighted by molar-refractivity contribution is 5.88. The first-order valence-electron chi connectivity index (χ1n) is 5.99. The van der Waals surface area contributed by atoms with Gasteiger partial charge in [-0.1, -0.05) is 0 Å². The van der Waals surface area contributed by atoms with Gasteiger partial charge in [-0.3, -0.25) is 9.59 Å². The summed E-state index contributed by atoms with van der Waals surface area (Å²) in [6.07, 6.45) is -4.70. The van der Waals surface area contributed by atoms with Crippen LogP contribution in [0, 0.1) is 0 Å². The number of benzene rings is 1. The summed E-state index contributed by atoms with van der Waals surface area (Å²) in [7, 11) is 0. The first kappa shape index (κ1) is 17.0. The fourth-order valence-corrected chi connectivity index (χ4v) is 1.34. The van der Waals surface area contributed by atoms with Gasteiger partial charge in [0.15, 0.2) is 0 Å². The molecule has 0 bridgehead atoms. The van der Waals surface area contributed by atoms with Crippen LogP contribution in [0.2, 0.25) is 0 Å². The van der Waals surface area contributed by atoms with E-state index in [1.807, 2.05) is 0 Å². The molecule has 5 nitrogen and oxygen atoms in total. The predicted octanol–water partition coefficient (Wildman–Crippen LogP) is 2.52. The molecule has 0 heterocycles. The Morgan fingerprint density at radius 2 is 1.81 bits per heavy atom. The van der Waals surface area contributed by atoms with Gasteiger partial charge in [-0.2, -0.15) is 13.2 Å². The molecular weight excluding hydrogens is 291 g/mol. The molecular formula is C13H14F3NO4. The number of nitrogens with one attached hydrogen (secondary N) is 1. The Bertz CT molecular complexity index is 485. The molecule has 8 heteroatoms. The van der Waals surface area contributed by atoms with Crippen LogP contribution in [0.4, 0.5) is 18.9 Å². The molecule has 0 unspecified atom stereocenters. The summed E-state index contributed by atoms with van der Waals surface area (Å²) < 4.78 is 44.5. The minimum Gasteiger partial charge on any atom is -0.426 e. The number of rotatable bonds is 6. The van der Waals surface area contributed by atoms with Crippen molar-refractivity contribution >= 4 is 17.6 Å². The maximum atomic E-state index is 11.8. The number of hydrogen-bond donors (Lipinski definition) is 1. The Balaban J connectivity index is 2.32. The zero-order valence-electron chi connectivity index (χ0n) is 11.2. The summed E-state index contributed by atoms with van der Waals surface area (Å²) in [5, 5.41) is 2.54. The van der Waals surface area contributed by atoms with Gasteiger partial charge in [0, 0.05) is 12.6 Å². The Kier molecular flexibility index (Phi) is 6.16. The second-order valence-corrected chi connectivity index (χ2v) is 4.10. The summed E-state index contributed by atoms with van der Waals surface area (Å²) >= 11 is 0. The molecule has 116 valence electrons. The van der Waals surface area contributed by atoms with E-state index < -0.39 is 18.8 Å². The molecule has 0 aliphatic carbocycles. The quantitative estimate of drug-likeness (QED) is 0.498. The summed E-state index contributed by atoms with van der Waals surface area (Å²) in [6.45, 7) is -0.414. The lowest BCUT2D eigenvalue weighted by atomic mass is 10.3. The number of amides is 1. The number of carbonyl (C=O) groups is 2. The van der Waals surface area contributed by atoms with Crippen LogP contribution < -0.4 is 10.1 Å². The molecule has 1 rings (SSSR count). The minimum atomic E-state index is -4.41. The van der Waals surface area contributed by atoms with Gasteiger partial charge in [0.05, 0.1) is 13.0 Å². The van der Waals surface area contributed by atoms with Crippen LogP contribution in [0.15, 0.2) is 24.3 Å². The summed E-state index contributed by atoms with van der Waals surface area (Å²) in [4.78, 5) is 22.1. The van der Waals surface area contributed by atoms with Gasteiger partial charge in [-0.15, -0.1) is 0 Å². The van der Waals surface area contributed by atoms with Gasteiger partial charge in [-0.05, 0) is 24.3 Å². The maximum absolute atomic E-state index is 11.8. The summed E-state index contributed by atoms with van der Waals surface area (Å²) in [5.74, 6) is -0.712. The number of carbonyl (C=O) groups excluding carboxylic acids is 2. The highest BCUT2D eigenvalue weighted by atomic mass is 19.4. The van der Waals surface area contributed by atoms with Crippen molar-refractivity contribution in [1.29, 1.82) is 0 Å². The van der Waals surface area contributed by atoms with E-state index in [4.69, 9.17) is 4.74 Å². The number of hydrogen-bond acceptors (Lipinski definition) is 4. The van der Waals surface area contributed by atoms with Crippen molar-refractivity contribution in [3.8, 4) is 5.75 Å². The standard InChI is InChI=1S/C13H14F3NO4/c1-9(18)17-10-2-4-11(5-3-10)21-12(19)6-7-20-8-13(14,15)16/h2-5H,6-8H2,1H3,(H,17,18). The fourth-order valence-electron chi connectivity index (χ4n) is 1.34. The van der Waals surface area contributed by atoms with Crippen LogP contribution in [0.1, 0.15) is 13.3 Å². The predicted molar refractivity (Wildman–Crippen MR) is 67.9 cm³/mol. The van der Waals surface area contributed by atoms with E-state index in [-0.39, 0.29) is 24.7 Å². The van der Waals surface area contributed by atoms with Gasteiger partial charge >= 0.3 is 12.1 Å². The largest absolute Gasteiger partial charge is 0.426 e. The molecule has 0 aliphatic heterocycles. The zero-order chi connectivity index (χ0) is 15.9. The first-order chi connectivity index (χ1) is 9.76. The van der Waals surface area contributed by atoms with Gasteiger partial charge in [-0.25, -0.2) is 0 Å². The van der Waals surface area contributed by atoms with Crippen LogP contribution in [0.3, 0.4) is 0 Å². The smallest absolute Gasteiger partial charge is 0.411 e. The van der Waals surface area contributed by atoms with Gasteiger partial charge in [0.1, 0.15) is 12.4 Å². The summed E-state index contributed by atoms with van der Waals surface area (Å²) in [5.41, 5.74) is 0.538. The summed E-state index contributed by atoms with van der Waals surface area (Å²) in [6, 6.07) is 5.98. The molecule has 21 heavy (non-hydrogen) atoms. The Labute approximate surface area is 119 Å². The van der Waals surface area contributed by atoms with Crippen LogP contribution in [-0.2, 0) is 14.3 Å². The Hall–Kier alpha value is -2.09. The number of esters is 1. The van der Waals surface area contributed by atoms with E-state index >= 15 is 0 Å². The number of halogens is 3. The molecule has 0 saturated heterocycles. The molecule has 0 saturated carbocycles. The average Bonchev–Trinajstić information content (AvgIpc) is 2.35. The monoisotopic (exact) mass is 305 g/mol. The van der Waals surface area contributed by atoms with Crippen LogP contribution >= 0.6 is 0 Å². The molecule has 0 spiro atoms. The fraction of sp³-hybridized carbons (Fsp3) is 0.385. The van der Waals surface area contributed by atoms with Crippen molar-refractivity contribution < 1.29 is 32.2 Å². The molecule has 0 aromatic heterocycles. The number of ether oxygens (including phenoxy) is 2. The van der Waals surface area contributed by atoms with Crippen LogP contribution in [0.5, 0.6) is 5.75 Å². The van der Waals surface area contributed by atoms with E-state index in [0.29, 0.717) is 5.69 Å². The van der Waals surface area contributed by atoms with Gasteiger partial charge in [0.25, 0.3) is 0 Å². The lowest BCUT2D eigenvalue weighted by Crippen LogP contribution is -2.19. The Morgan fingerprint density at radius 1 is 1.19 bits per heavy atom. The molecule has 0 atom stereocenters. The molecule has 1 aromatic carbocycles. The highest BCUT2D eigenvalue weighted by Gasteiger charge is 2.27. The molecule has 0 radical (unpaired) electrons. The third-order valence-corrected chi connectivity index (χ3v) is 2.12. The lowest BCUT2D eigenvalue weighted by Gasteiger charge is -2.08. The Morgan fingerprint density at radius 3 is 2.33 bits per heavy atom. The average molecular weight is 305 g/mol.